The van der Waals surface area contributed by atoms with Gasteiger partial charge in [0.25, 0.3) is 0 Å². The molecule has 0 radical (unpaired) electrons. The summed E-state index contributed by atoms with van der Waals surface area (Å²) in [6.45, 7) is 3.13. The Hall–Kier alpha value is -1.63. The van der Waals surface area contributed by atoms with Crippen LogP contribution in [0.4, 0.5) is 0 Å². The number of thiophene rings is 1. The third-order valence-corrected chi connectivity index (χ3v) is 5.46. The van der Waals surface area contributed by atoms with Crippen LogP contribution >= 0.6 is 11.3 Å². The van der Waals surface area contributed by atoms with E-state index in [0.29, 0.717) is 6.04 Å². The summed E-state index contributed by atoms with van der Waals surface area (Å²) in [5.74, 6) is 0. The van der Waals surface area contributed by atoms with Gasteiger partial charge < -0.3 is 5.32 Å². The molecule has 1 N–H and O–H groups in total. The zero-order valence-corrected chi connectivity index (χ0v) is 13.1. The van der Waals surface area contributed by atoms with E-state index in [2.05, 4.69) is 41.9 Å². The van der Waals surface area contributed by atoms with Gasteiger partial charge in [-0.05, 0) is 41.8 Å². The second-order valence-corrected chi connectivity index (χ2v) is 6.77. The average molecular weight is 296 g/mol. The highest BCUT2D eigenvalue weighted by Crippen LogP contribution is 2.43. The monoisotopic (exact) mass is 296 g/mol. The van der Waals surface area contributed by atoms with E-state index in [-0.39, 0.29) is 5.41 Å². The number of nitrogens with one attached hydrogen (secondary N) is 1. The van der Waals surface area contributed by atoms with Crippen LogP contribution in [0.25, 0.3) is 0 Å². The zero-order valence-electron chi connectivity index (χ0n) is 12.3. The fraction of sp³-hybridized carbons (Fsp3) is 0.389. The second kappa shape index (κ2) is 6.01. The van der Waals surface area contributed by atoms with Crippen LogP contribution in [0.5, 0.6) is 0 Å². The van der Waals surface area contributed by atoms with E-state index in [1.54, 1.807) is 0 Å². The Labute approximate surface area is 130 Å². The topological polar surface area (TPSA) is 35.8 Å². The van der Waals surface area contributed by atoms with Gasteiger partial charge in [0.1, 0.15) is 0 Å². The summed E-state index contributed by atoms with van der Waals surface area (Å²) in [7, 11) is 0. The molecule has 1 saturated carbocycles. The Balaban J connectivity index is 1.59. The lowest BCUT2D eigenvalue weighted by atomic mass is 9.62. The lowest BCUT2D eigenvalue weighted by molar-refractivity contribution is 0.226. The van der Waals surface area contributed by atoms with E-state index in [9.17, 15) is 5.26 Å². The van der Waals surface area contributed by atoms with Crippen molar-refractivity contribution in [1.29, 1.82) is 5.26 Å². The highest BCUT2D eigenvalue weighted by molar-refractivity contribution is 7.10. The summed E-state index contributed by atoms with van der Waals surface area (Å²) < 4.78 is 0. The third-order valence-electron chi connectivity index (χ3n) is 4.50. The lowest BCUT2D eigenvalue weighted by Gasteiger charge is -2.43. The van der Waals surface area contributed by atoms with Gasteiger partial charge in [0, 0.05) is 17.5 Å². The van der Waals surface area contributed by atoms with Gasteiger partial charge in [0.15, 0.2) is 0 Å². The molecule has 1 aromatic carbocycles. The minimum Gasteiger partial charge on any atom is -0.309 e. The normalized spacial score (nSPS) is 24.3. The minimum absolute atomic E-state index is 0.276. The fourth-order valence-corrected chi connectivity index (χ4v) is 4.08. The maximum absolute atomic E-state index is 9.57. The van der Waals surface area contributed by atoms with Crippen LogP contribution < -0.4 is 5.32 Å². The van der Waals surface area contributed by atoms with Crippen LogP contribution in [0.2, 0.25) is 0 Å². The van der Waals surface area contributed by atoms with E-state index >= 15 is 0 Å². The van der Waals surface area contributed by atoms with Gasteiger partial charge >= 0.3 is 0 Å². The molecule has 1 aliphatic rings. The molecule has 0 atom stereocenters. The van der Waals surface area contributed by atoms with Crippen molar-refractivity contribution in [3.05, 3.63) is 57.8 Å². The smallest absolute Gasteiger partial charge is 0.0852 e. The quantitative estimate of drug-likeness (QED) is 0.904. The van der Waals surface area contributed by atoms with E-state index in [4.69, 9.17) is 0 Å². The molecule has 21 heavy (non-hydrogen) atoms. The molecule has 1 heterocycles. The summed E-state index contributed by atoms with van der Waals surface area (Å²) >= 11 is 1.83. The summed E-state index contributed by atoms with van der Waals surface area (Å²) in [6.07, 6.45) is 2.93. The molecule has 0 amide bonds. The van der Waals surface area contributed by atoms with E-state index < -0.39 is 0 Å². The molecular weight excluding hydrogens is 276 g/mol. The summed E-state index contributed by atoms with van der Waals surface area (Å²) in [5, 5.41) is 15.3. The van der Waals surface area contributed by atoms with Crippen molar-refractivity contribution in [1.82, 2.24) is 5.32 Å². The predicted molar refractivity (Wildman–Crippen MR) is 87.3 cm³/mol. The molecule has 0 saturated heterocycles. The number of nitriles is 1. The third kappa shape index (κ3) is 2.74. The number of aryl methyl sites for hydroxylation is 1. The van der Waals surface area contributed by atoms with Crippen molar-refractivity contribution in [2.45, 2.75) is 44.2 Å². The SMILES string of the molecule is CCc1ccsc1CNC1CC(C#N)(c2ccccc2)C1. The number of nitrogens with zero attached hydrogens (tertiary/aromatic N) is 1. The van der Waals surface area contributed by atoms with Crippen LogP contribution in [-0.2, 0) is 18.4 Å². The van der Waals surface area contributed by atoms with Gasteiger partial charge in [-0.3, -0.25) is 0 Å². The van der Waals surface area contributed by atoms with Crippen molar-refractivity contribution >= 4 is 11.3 Å². The van der Waals surface area contributed by atoms with Gasteiger partial charge in [0.2, 0.25) is 0 Å². The molecule has 2 aromatic rings. The Morgan fingerprint density at radius 2 is 2.05 bits per heavy atom. The maximum Gasteiger partial charge on any atom is 0.0852 e. The Kier molecular flexibility index (Phi) is 4.10. The molecule has 108 valence electrons. The molecule has 0 bridgehead atoms. The van der Waals surface area contributed by atoms with Gasteiger partial charge in [0.05, 0.1) is 11.5 Å². The molecule has 0 aliphatic heterocycles. The van der Waals surface area contributed by atoms with Crippen LogP contribution in [0.15, 0.2) is 41.8 Å². The molecule has 0 spiro atoms. The van der Waals surface area contributed by atoms with Crippen molar-refractivity contribution in [2.24, 2.45) is 0 Å². The number of benzene rings is 1. The molecule has 3 heteroatoms. The van der Waals surface area contributed by atoms with Gasteiger partial charge in [-0.15, -0.1) is 11.3 Å². The van der Waals surface area contributed by atoms with E-state index in [0.717, 1.165) is 31.4 Å². The van der Waals surface area contributed by atoms with Gasteiger partial charge in [-0.2, -0.15) is 5.26 Å². The van der Waals surface area contributed by atoms with Gasteiger partial charge in [-0.1, -0.05) is 37.3 Å². The predicted octanol–water partition coefficient (Wildman–Crippen LogP) is 4.02. The van der Waals surface area contributed by atoms with Gasteiger partial charge in [-0.25, -0.2) is 0 Å². The Bertz CT molecular complexity index is 633. The highest BCUT2D eigenvalue weighted by Gasteiger charge is 2.45. The maximum atomic E-state index is 9.57. The molecule has 3 rings (SSSR count). The largest absolute Gasteiger partial charge is 0.309 e. The highest BCUT2D eigenvalue weighted by atomic mass is 32.1. The van der Waals surface area contributed by atoms with Crippen molar-refractivity contribution in [2.75, 3.05) is 0 Å². The van der Waals surface area contributed by atoms with Crippen LogP contribution in [0, 0.1) is 11.3 Å². The fourth-order valence-electron chi connectivity index (χ4n) is 3.15. The minimum atomic E-state index is -0.276. The first-order chi connectivity index (χ1) is 10.3. The number of rotatable bonds is 5. The molecular formula is C18H20N2S. The first kappa shape index (κ1) is 14.3. The summed E-state index contributed by atoms with van der Waals surface area (Å²) in [4.78, 5) is 1.44. The van der Waals surface area contributed by atoms with Crippen molar-refractivity contribution in [3.8, 4) is 6.07 Å². The number of hydrogen-bond acceptors (Lipinski definition) is 3. The Morgan fingerprint density at radius 3 is 2.71 bits per heavy atom. The van der Waals surface area contributed by atoms with E-state index in [1.165, 1.54) is 10.4 Å². The van der Waals surface area contributed by atoms with Crippen LogP contribution in [0.1, 0.15) is 35.8 Å². The van der Waals surface area contributed by atoms with E-state index in [1.807, 2.05) is 29.5 Å². The second-order valence-electron chi connectivity index (χ2n) is 5.77. The molecule has 1 aromatic heterocycles. The first-order valence-corrected chi connectivity index (χ1v) is 8.41. The van der Waals surface area contributed by atoms with Crippen molar-refractivity contribution in [3.63, 3.8) is 0 Å². The summed E-state index contributed by atoms with van der Waals surface area (Å²) in [5.41, 5.74) is 2.33. The first-order valence-electron chi connectivity index (χ1n) is 7.53. The van der Waals surface area contributed by atoms with Crippen LogP contribution in [-0.4, -0.2) is 6.04 Å². The standard InChI is InChI=1S/C18H20N2S/c1-2-14-8-9-21-17(14)12-20-16-10-18(11-16,13-19)15-6-4-3-5-7-15/h3-9,16,20H,2,10-12H2,1H3. The zero-order chi connectivity index (χ0) is 14.7. The number of hydrogen-bond donors (Lipinski definition) is 1. The van der Waals surface area contributed by atoms with Crippen LogP contribution in [0.3, 0.4) is 0 Å². The molecule has 1 aliphatic carbocycles. The van der Waals surface area contributed by atoms with Crippen molar-refractivity contribution < 1.29 is 0 Å². The lowest BCUT2D eigenvalue weighted by Crippen LogP contribution is -2.50. The summed E-state index contributed by atoms with van der Waals surface area (Å²) in [6, 6.07) is 15.4. The molecule has 2 nitrogen and oxygen atoms in total. The molecule has 0 unspecified atom stereocenters. The average Bonchev–Trinajstić information content (AvgIpc) is 2.95. The molecule has 1 fully saturated rings. The Morgan fingerprint density at radius 1 is 1.29 bits per heavy atom.